The summed E-state index contributed by atoms with van der Waals surface area (Å²) in [5, 5.41) is 2.19. The number of amides is 1. The molecule has 2 aromatic carbocycles. The second-order valence-electron chi connectivity index (χ2n) is 7.77. The zero-order chi connectivity index (χ0) is 26.5. The molecular formula is C25H25F3N2O6. The van der Waals surface area contributed by atoms with Gasteiger partial charge in [-0.15, -0.1) is 0 Å². The van der Waals surface area contributed by atoms with Gasteiger partial charge in [0, 0.05) is 23.9 Å². The summed E-state index contributed by atoms with van der Waals surface area (Å²) in [4.78, 5) is 38.1. The molecule has 0 aliphatic rings. The van der Waals surface area contributed by atoms with E-state index >= 15 is 0 Å². The highest BCUT2D eigenvalue weighted by Crippen LogP contribution is 2.38. The van der Waals surface area contributed by atoms with Gasteiger partial charge in [0.1, 0.15) is 12.6 Å². The predicted molar refractivity (Wildman–Crippen MR) is 125 cm³/mol. The predicted octanol–water partition coefficient (Wildman–Crippen LogP) is 3.33. The number of rotatable bonds is 9. The molecule has 3 aromatic rings. The molecule has 8 nitrogen and oxygen atoms in total. The van der Waals surface area contributed by atoms with Crippen molar-refractivity contribution in [3.05, 3.63) is 70.0 Å². The number of nitrogens with zero attached hydrogens (tertiary/aromatic N) is 1. The number of aromatic nitrogens is 1. The molecule has 1 N–H and O–H groups in total. The molecule has 1 unspecified atom stereocenters. The van der Waals surface area contributed by atoms with Crippen LogP contribution in [0.2, 0.25) is 0 Å². The van der Waals surface area contributed by atoms with E-state index in [4.69, 9.17) is 14.2 Å². The van der Waals surface area contributed by atoms with Crippen LogP contribution in [-0.4, -0.2) is 43.3 Å². The Hall–Kier alpha value is -4.02. The Kier molecular flexibility index (Phi) is 8.23. The van der Waals surface area contributed by atoms with Gasteiger partial charge in [0.15, 0.2) is 11.5 Å². The van der Waals surface area contributed by atoms with Crippen LogP contribution < -0.4 is 20.3 Å². The summed E-state index contributed by atoms with van der Waals surface area (Å²) >= 11 is 0. The monoisotopic (exact) mass is 506 g/mol. The SMILES string of the molecule is CCOC(=O)C(Cc1ccccc1)NC(=O)Cn1c(=O)cc(C(F)(F)F)c2cc(OC)c(OC)cc21. The lowest BCUT2D eigenvalue weighted by Crippen LogP contribution is -2.45. The fraction of sp³-hybridized carbons (Fsp3) is 0.320. The molecule has 0 bridgehead atoms. The first-order chi connectivity index (χ1) is 17.1. The lowest BCUT2D eigenvalue weighted by molar-refractivity contribution is -0.147. The van der Waals surface area contributed by atoms with Crippen molar-refractivity contribution in [3.8, 4) is 11.5 Å². The Morgan fingerprint density at radius 2 is 1.67 bits per heavy atom. The molecule has 36 heavy (non-hydrogen) atoms. The van der Waals surface area contributed by atoms with Crippen molar-refractivity contribution in [1.29, 1.82) is 0 Å². The topological polar surface area (TPSA) is 95.9 Å². The average Bonchev–Trinajstić information content (AvgIpc) is 2.84. The quantitative estimate of drug-likeness (QED) is 0.448. The van der Waals surface area contributed by atoms with E-state index in [-0.39, 0.29) is 35.4 Å². The van der Waals surface area contributed by atoms with Gasteiger partial charge in [-0.3, -0.25) is 14.2 Å². The van der Waals surface area contributed by atoms with E-state index in [1.165, 1.54) is 20.3 Å². The molecule has 11 heteroatoms. The number of hydrogen-bond acceptors (Lipinski definition) is 6. The van der Waals surface area contributed by atoms with E-state index in [0.29, 0.717) is 6.07 Å². The largest absolute Gasteiger partial charge is 0.493 e. The number of fused-ring (bicyclic) bond motifs is 1. The van der Waals surface area contributed by atoms with Gasteiger partial charge >= 0.3 is 12.1 Å². The van der Waals surface area contributed by atoms with Crippen LogP contribution in [0.3, 0.4) is 0 Å². The zero-order valence-electron chi connectivity index (χ0n) is 19.8. The molecule has 0 saturated carbocycles. The Morgan fingerprint density at radius 1 is 1.03 bits per heavy atom. The molecule has 0 saturated heterocycles. The molecule has 0 spiro atoms. The van der Waals surface area contributed by atoms with Crippen LogP contribution in [-0.2, 0) is 33.5 Å². The number of pyridine rings is 1. The minimum atomic E-state index is -4.83. The molecule has 3 rings (SSSR count). The third kappa shape index (κ3) is 5.96. The highest BCUT2D eigenvalue weighted by Gasteiger charge is 2.35. The first-order valence-electron chi connectivity index (χ1n) is 11.0. The van der Waals surface area contributed by atoms with Crippen LogP contribution in [0.5, 0.6) is 11.5 Å². The number of alkyl halides is 3. The van der Waals surface area contributed by atoms with E-state index in [1.54, 1.807) is 37.3 Å². The fourth-order valence-corrected chi connectivity index (χ4v) is 3.77. The maximum atomic E-state index is 13.7. The lowest BCUT2D eigenvalue weighted by Gasteiger charge is -2.20. The molecule has 0 fully saturated rings. The minimum Gasteiger partial charge on any atom is -0.493 e. The summed E-state index contributed by atoms with van der Waals surface area (Å²) in [6, 6.07) is 10.5. The summed E-state index contributed by atoms with van der Waals surface area (Å²) in [5.74, 6) is -1.34. The number of carbonyl (C=O) groups excluding carboxylic acids is 2. The van der Waals surface area contributed by atoms with Crippen molar-refractivity contribution in [1.82, 2.24) is 9.88 Å². The Labute approximate surface area is 204 Å². The van der Waals surface area contributed by atoms with Gasteiger partial charge in [-0.2, -0.15) is 13.2 Å². The van der Waals surface area contributed by atoms with Gasteiger partial charge in [0.05, 0.1) is 31.9 Å². The molecule has 1 aromatic heterocycles. The van der Waals surface area contributed by atoms with Crippen LogP contribution in [0.1, 0.15) is 18.1 Å². The summed E-state index contributed by atoms with van der Waals surface area (Å²) in [6.45, 7) is 1.06. The summed E-state index contributed by atoms with van der Waals surface area (Å²) in [5.41, 5.74) is -1.65. The van der Waals surface area contributed by atoms with E-state index in [0.717, 1.165) is 16.2 Å². The summed E-state index contributed by atoms with van der Waals surface area (Å²) < 4.78 is 57.3. The minimum absolute atomic E-state index is 0.0235. The van der Waals surface area contributed by atoms with Crippen LogP contribution in [0, 0.1) is 0 Å². The second kappa shape index (κ2) is 11.1. The molecule has 0 aliphatic carbocycles. The third-order valence-corrected chi connectivity index (χ3v) is 5.41. The van der Waals surface area contributed by atoms with Crippen molar-refractivity contribution in [2.45, 2.75) is 32.1 Å². The van der Waals surface area contributed by atoms with Crippen molar-refractivity contribution >= 4 is 22.8 Å². The van der Waals surface area contributed by atoms with Gasteiger partial charge in [-0.1, -0.05) is 30.3 Å². The number of ether oxygens (including phenoxy) is 3. The Balaban J connectivity index is 2.01. The van der Waals surface area contributed by atoms with Crippen molar-refractivity contribution in [2.75, 3.05) is 20.8 Å². The summed E-state index contributed by atoms with van der Waals surface area (Å²) in [7, 11) is 2.56. The first kappa shape index (κ1) is 26.6. The number of nitrogens with one attached hydrogen (secondary N) is 1. The van der Waals surface area contributed by atoms with Crippen LogP contribution in [0.25, 0.3) is 10.9 Å². The highest BCUT2D eigenvalue weighted by molar-refractivity contribution is 5.89. The van der Waals surface area contributed by atoms with Gasteiger partial charge < -0.3 is 19.5 Å². The second-order valence-corrected chi connectivity index (χ2v) is 7.77. The Bertz CT molecular complexity index is 1310. The molecule has 1 atom stereocenters. The molecule has 1 amide bonds. The number of benzene rings is 2. The van der Waals surface area contributed by atoms with E-state index in [1.807, 2.05) is 0 Å². The normalized spacial score (nSPS) is 12.2. The average molecular weight is 506 g/mol. The fourth-order valence-electron chi connectivity index (χ4n) is 3.77. The van der Waals surface area contributed by atoms with Crippen LogP contribution in [0.4, 0.5) is 13.2 Å². The van der Waals surface area contributed by atoms with Gasteiger partial charge in [-0.25, -0.2) is 4.79 Å². The number of halogens is 3. The van der Waals surface area contributed by atoms with Crippen LogP contribution >= 0.6 is 0 Å². The molecule has 0 radical (unpaired) electrons. The smallest absolute Gasteiger partial charge is 0.417 e. The van der Waals surface area contributed by atoms with Gasteiger partial charge in [0.25, 0.3) is 5.56 Å². The van der Waals surface area contributed by atoms with E-state index < -0.39 is 41.8 Å². The first-order valence-corrected chi connectivity index (χ1v) is 11.0. The lowest BCUT2D eigenvalue weighted by atomic mass is 10.1. The molecule has 0 aliphatic heterocycles. The maximum Gasteiger partial charge on any atom is 0.417 e. The van der Waals surface area contributed by atoms with E-state index in [9.17, 15) is 27.6 Å². The number of hydrogen-bond donors (Lipinski definition) is 1. The van der Waals surface area contributed by atoms with Crippen LogP contribution in [0.15, 0.2) is 53.3 Å². The van der Waals surface area contributed by atoms with Crippen molar-refractivity contribution < 1.29 is 37.0 Å². The number of carbonyl (C=O) groups is 2. The van der Waals surface area contributed by atoms with Crippen molar-refractivity contribution in [2.24, 2.45) is 0 Å². The van der Waals surface area contributed by atoms with Crippen molar-refractivity contribution in [3.63, 3.8) is 0 Å². The Morgan fingerprint density at radius 3 is 2.25 bits per heavy atom. The molecule has 192 valence electrons. The standard InChI is InChI=1S/C25H25F3N2O6/c1-4-36-24(33)18(10-15-8-6-5-7-9-15)29-22(31)14-30-19-13-21(35-3)20(34-2)11-16(19)17(12-23(30)32)25(26,27)28/h5-9,11-13,18H,4,10,14H2,1-3H3,(H,29,31). The molecular weight excluding hydrogens is 481 g/mol. The van der Waals surface area contributed by atoms with E-state index in [2.05, 4.69) is 5.32 Å². The highest BCUT2D eigenvalue weighted by atomic mass is 19.4. The van der Waals surface area contributed by atoms with Gasteiger partial charge in [0.2, 0.25) is 5.91 Å². The number of esters is 1. The third-order valence-electron chi connectivity index (χ3n) is 5.41. The number of methoxy groups -OCH3 is 2. The van der Waals surface area contributed by atoms with Gasteiger partial charge in [-0.05, 0) is 18.6 Å². The summed E-state index contributed by atoms with van der Waals surface area (Å²) in [6.07, 6.45) is -4.71. The molecule has 1 heterocycles. The zero-order valence-corrected chi connectivity index (χ0v) is 19.8. The maximum absolute atomic E-state index is 13.7.